The summed E-state index contributed by atoms with van der Waals surface area (Å²) in [4.78, 5) is 11.0. The lowest BCUT2D eigenvalue weighted by molar-refractivity contribution is -0.139. The minimum Gasteiger partial charge on any atom is -0.480 e. The molecular formula is C15H17N3O2S. The molecule has 0 aliphatic carbocycles. The average Bonchev–Trinajstić information content (AvgIpc) is 2.81. The molecule has 0 spiro atoms. The summed E-state index contributed by atoms with van der Waals surface area (Å²) in [7, 11) is 0. The summed E-state index contributed by atoms with van der Waals surface area (Å²) >= 11 is 1.44. The van der Waals surface area contributed by atoms with Crippen molar-refractivity contribution in [3.63, 3.8) is 0 Å². The smallest absolute Gasteiger partial charge is 0.321 e. The lowest BCUT2D eigenvalue weighted by Crippen LogP contribution is -2.46. The maximum atomic E-state index is 11.0. The van der Waals surface area contributed by atoms with Gasteiger partial charge >= 0.3 is 5.97 Å². The molecule has 21 heavy (non-hydrogen) atoms. The zero-order valence-electron chi connectivity index (χ0n) is 11.9. The number of carbonyl (C=O) groups is 1. The topological polar surface area (TPSA) is 91.5 Å². The Morgan fingerprint density at radius 3 is 2.90 bits per heavy atom. The van der Waals surface area contributed by atoms with Gasteiger partial charge in [-0.3, -0.25) is 4.79 Å². The third-order valence-electron chi connectivity index (χ3n) is 3.49. The van der Waals surface area contributed by atoms with Crippen LogP contribution in [-0.2, 0) is 10.5 Å². The van der Waals surface area contributed by atoms with Gasteiger partial charge in [0.2, 0.25) is 0 Å². The van der Waals surface area contributed by atoms with E-state index in [1.54, 1.807) is 13.8 Å². The van der Waals surface area contributed by atoms with E-state index in [0.29, 0.717) is 11.3 Å². The van der Waals surface area contributed by atoms with Crippen LogP contribution in [0.25, 0.3) is 5.52 Å². The van der Waals surface area contributed by atoms with Gasteiger partial charge in [0, 0.05) is 22.9 Å². The van der Waals surface area contributed by atoms with Crippen LogP contribution in [0.5, 0.6) is 0 Å². The van der Waals surface area contributed by atoms with Gasteiger partial charge in [-0.25, -0.2) is 0 Å². The third-order valence-corrected chi connectivity index (χ3v) is 4.94. The van der Waals surface area contributed by atoms with Crippen molar-refractivity contribution in [3.05, 3.63) is 41.7 Å². The molecule has 0 radical (unpaired) electrons. The van der Waals surface area contributed by atoms with Crippen LogP contribution in [0.1, 0.15) is 25.0 Å². The fourth-order valence-corrected chi connectivity index (χ4v) is 3.09. The highest BCUT2D eigenvalue weighted by Gasteiger charge is 2.32. The number of pyridine rings is 1. The van der Waals surface area contributed by atoms with Crippen LogP contribution in [0.2, 0.25) is 0 Å². The number of carboxylic acid groups (broad SMARTS) is 1. The second-order valence-electron chi connectivity index (χ2n) is 5.34. The van der Waals surface area contributed by atoms with Crippen LogP contribution in [0.3, 0.4) is 0 Å². The molecule has 2 aromatic heterocycles. The average molecular weight is 303 g/mol. The fourth-order valence-electron chi connectivity index (χ4n) is 2.07. The molecule has 0 amide bonds. The van der Waals surface area contributed by atoms with Crippen molar-refractivity contribution >= 4 is 23.2 Å². The molecule has 1 atom stereocenters. The monoisotopic (exact) mass is 303 g/mol. The van der Waals surface area contributed by atoms with Crippen molar-refractivity contribution in [2.24, 2.45) is 5.73 Å². The highest BCUT2D eigenvalue weighted by Crippen LogP contribution is 2.32. The Balaban J connectivity index is 2.25. The van der Waals surface area contributed by atoms with E-state index in [9.17, 15) is 10.1 Å². The van der Waals surface area contributed by atoms with Crippen LogP contribution < -0.4 is 5.73 Å². The van der Waals surface area contributed by atoms with E-state index in [2.05, 4.69) is 6.07 Å². The SMILES string of the molecule is CC(C)(SCc1cn2ccccc2c1C#N)[C@@H](N)C(=O)O. The second kappa shape index (κ2) is 5.80. The van der Waals surface area contributed by atoms with Gasteiger partial charge in [-0.15, -0.1) is 11.8 Å². The molecular weight excluding hydrogens is 286 g/mol. The Labute approximate surface area is 127 Å². The Bertz CT molecular complexity index is 715. The van der Waals surface area contributed by atoms with E-state index in [1.807, 2.05) is 35.0 Å². The standard InChI is InChI=1S/C15H17N3O2S/c1-15(2,13(17)14(19)20)21-9-10-8-18-6-4-3-5-12(18)11(10)7-16/h3-6,8,13H,9,17H2,1-2H3,(H,19,20)/t13-/m0/s1. The molecule has 0 unspecified atom stereocenters. The molecule has 0 saturated carbocycles. The molecule has 0 fully saturated rings. The number of thioether (sulfide) groups is 1. The van der Waals surface area contributed by atoms with Gasteiger partial charge in [0.05, 0.1) is 11.1 Å². The number of carboxylic acids is 1. The first-order valence-electron chi connectivity index (χ1n) is 6.48. The van der Waals surface area contributed by atoms with Crippen LogP contribution in [0.4, 0.5) is 0 Å². The fraction of sp³-hybridized carbons (Fsp3) is 0.333. The Morgan fingerprint density at radius 1 is 1.57 bits per heavy atom. The number of rotatable bonds is 5. The number of fused-ring (bicyclic) bond motifs is 1. The van der Waals surface area contributed by atoms with E-state index >= 15 is 0 Å². The molecule has 5 nitrogen and oxygen atoms in total. The maximum absolute atomic E-state index is 11.0. The Hall–Kier alpha value is -1.97. The first-order valence-corrected chi connectivity index (χ1v) is 7.46. The molecule has 6 heteroatoms. The first kappa shape index (κ1) is 15.4. The predicted octanol–water partition coefficient (Wildman–Crippen LogP) is 2.23. The molecule has 0 aliphatic heterocycles. The zero-order chi connectivity index (χ0) is 15.6. The number of nitrogens with zero attached hydrogens (tertiary/aromatic N) is 2. The minimum absolute atomic E-state index is 0.540. The number of nitriles is 1. The summed E-state index contributed by atoms with van der Waals surface area (Å²) in [6.45, 7) is 3.61. The summed E-state index contributed by atoms with van der Waals surface area (Å²) < 4.78 is 1.28. The van der Waals surface area contributed by atoms with Crippen molar-refractivity contribution in [1.82, 2.24) is 4.40 Å². The molecule has 2 aromatic rings. The van der Waals surface area contributed by atoms with Gasteiger partial charge in [-0.05, 0) is 31.5 Å². The number of hydrogen-bond acceptors (Lipinski definition) is 4. The first-order chi connectivity index (χ1) is 9.86. The van der Waals surface area contributed by atoms with Crippen molar-refractivity contribution in [2.75, 3.05) is 0 Å². The van der Waals surface area contributed by atoms with E-state index in [-0.39, 0.29) is 0 Å². The molecule has 2 heterocycles. The van der Waals surface area contributed by atoms with Gasteiger partial charge in [0.25, 0.3) is 0 Å². The predicted molar refractivity (Wildman–Crippen MR) is 83.1 cm³/mol. The lowest BCUT2D eigenvalue weighted by atomic mass is 10.1. The molecule has 2 rings (SSSR count). The van der Waals surface area contributed by atoms with Gasteiger partial charge in [0.15, 0.2) is 0 Å². The van der Waals surface area contributed by atoms with E-state index < -0.39 is 16.8 Å². The number of hydrogen-bond donors (Lipinski definition) is 2. The molecule has 0 aromatic carbocycles. The molecule has 3 N–H and O–H groups in total. The Morgan fingerprint density at radius 2 is 2.29 bits per heavy atom. The number of nitrogens with two attached hydrogens (primary N) is 1. The van der Waals surface area contributed by atoms with Crippen LogP contribution in [-0.4, -0.2) is 26.3 Å². The van der Waals surface area contributed by atoms with Crippen molar-refractivity contribution in [3.8, 4) is 6.07 Å². The largest absolute Gasteiger partial charge is 0.480 e. The summed E-state index contributed by atoms with van der Waals surface area (Å²) in [5.74, 6) is -0.478. The highest BCUT2D eigenvalue weighted by molar-refractivity contribution is 7.99. The lowest BCUT2D eigenvalue weighted by Gasteiger charge is -2.27. The molecule has 0 saturated heterocycles. The van der Waals surface area contributed by atoms with Crippen molar-refractivity contribution in [2.45, 2.75) is 30.4 Å². The molecule has 0 bridgehead atoms. The van der Waals surface area contributed by atoms with Crippen LogP contribution in [0, 0.1) is 11.3 Å². The Kier molecular flexibility index (Phi) is 4.26. The normalized spacial score (nSPS) is 13.0. The van der Waals surface area contributed by atoms with Crippen LogP contribution in [0.15, 0.2) is 30.6 Å². The van der Waals surface area contributed by atoms with Crippen LogP contribution >= 0.6 is 11.8 Å². The minimum atomic E-state index is -1.02. The molecule has 110 valence electrons. The zero-order valence-corrected chi connectivity index (χ0v) is 12.7. The third kappa shape index (κ3) is 3.04. The van der Waals surface area contributed by atoms with Crippen molar-refractivity contribution in [1.29, 1.82) is 5.26 Å². The molecule has 0 aliphatic rings. The van der Waals surface area contributed by atoms with E-state index in [1.165, 1.54) is 11.8 Å². The van der Waals surface area contributed by atoms with Gasteiger partial charge < -0.3 is 15.2 Å². The second-order valence-corrected chi connectivity index (χ2v) is 6.97. The van der Waals surface area contributed by atoms with E-state index in [4.69, 9.17) is 10.8 Å². The van der Waals surface area contributed by atoms with Gasteiger partial charge in [-0.1, -0.05) is 6.07 Å². The summed E-state index contributed by atoms with van der Waals surface area (Å²) in [5, 5.41) is 18.4. The number of aliphatic carboxylic acids is 1. The summed E-state index contributed by atoms with van der Waals surface area (Å²) in [6.07, 6.45) is 3.79. The summed E-state index contributed by atoms with van der Waals surface area (Å²) in [6, 6.07) is 6.95. The van der Waals surface area contributed by atoms with E-state index in [0.717, 1.165) is 11.1 Å². The van der Waals surface area contributed by atoms with Gasteiger partial charge in [0.1, 0.15) is 12.1 Å². The number of aromatic nitrogens is 1. The maximum Gasteiger partial charge on any atom is 0.321 e. The van der Waals surface area contributed by atoms with Gasteiger partial charge in [-0.2, -0.15) is 5.26 Å². The highest BCUT2D eigenvalue weighted by atomic mass is 32.2. The summed E-state index contributed by atoms with van der Waals surface area (Å²) in [5.41, 5.74) is 8.09. The quantitative estimate of drug-likeness (QED) is 0.883. The van der Waals surface area contributed by atoms with Crippen molar-refractivity contribution < 1.29 is 9.90 Å².